The van der Waals surface area contributed by atoms with Gasteiger partial charge in [0, 0.05) is 12.3 Å². The van der Waals surface area contributed by atoms with Crippen LogP contribution >= 0.6 is 24.0 Å². The minimum Gasteiger partial charge on any atom is -0.493 e. The van der Waals surface area contributed by atoms with Crippen LogP contribution in [0.15, 0.2) is 40.6 Å². The molecular formula is C20H17NO7S2. The molecule has 1 amide bonds. The maximum atomic E-state index is 12.8. The lowest BCUT2D eigenvalue weighted by molar-refractivity contribution is -0.137. The number of amides is 1. The number of ether oxygens (including phenoxy) is 4. The summed E-state index contributed by atoms with van der Waals surface area (Å²) in [6.07, 6.45) is 3.89. The van der Waals surface area contributed by atoms with Crippen molar-refractivity contribution in [2.45, 2.75) is 6.92 Å². The third-order valence-corrected chi connectivity index (χ3v) is 5.47. The quantitative estimate of drug-likeness (QED) is 0.292. The molecule has 0 bridgehead atoms. The second kappa shape index (κ2) is 8.72. The Hall–Kier alpha value is -3.11. The highest BCUT2D eigenvalue weighted by Crippen LogP contribution is 2.40. The van der Waals surface area contributed by atoms with Gasteiger partial charge in [-0.1, -0.05) is 24.0 Å². The van der Waals surface area contributed by atoms with Gasteiger partial charge in [-0.3, -0.25) is 14.5 Å². The highest BCUT2D eigenvalue weighted by molar-refractivity contribution is 8.26. The molecule has 1 fully saturated rings. The van der Waals surface area contributed by atoms with Crippen molar-refractivity contribution in [3.8, 4) is 17.2 Å². The zero-order chi connectivity index (χ0) is 22.0. The summed E-state index contributed by atoms with van der Waals surface area (Å²) >= 11 is 6.29. The van der Waals surface area contributed by atoms with Crippen LogP contribution in [-0.4, -0.2) is 48.2 Å². The molecule has 156 valence electrons. The molecular weight excluding hydrogens is 430 g/mol. The number of thiocarbonyl (C=S) groups is 1. The molecule has 0 aliphatic carbocycles. The maximum absolute atomic E-state index is 12.8. The summed E-state index contributed by atoms with van der Waals surface area (Å²) < 4.78 is 21.0. The van der Waals surface area contributed by atoms with Crippen molar-refractivity contribution >= 4 is 52.0 Å². The molecule has 30 heavy (non-hydrogen) atoms. The number of rotatable bonds is 5. The zero-order valence-electron chi connectivity index (χ0n) is 16.5. The summed E-state index contributed by atoms with van der Waals surface area (Å²) in [4.78, 5) is 38.3. The van der Waals surface area contributed by atoms with Crippen LogP contribution in [0, 0.1) is 0 Å². The summed E-state index contributed by atoms with van der Waals surface area (Å²) in [7, 11) is 4.47. The Morgan fingerprint density at radius 3 is 2.23 bits per heavy atom. The molecule has 0 spiro atoms. The van der Waals surface area contributed by atoms with E-state index in [2.05, 4.69) is 0 Å². The van der Waals surface area contributed by atoms with E-state index < -0.39 is 17.7 Å². The van der Waals surface area contributed by atoms with Crippen molar-refractivity contribution in [3.63, 3.8) is 0 Å². The van der Waals surface area contributed by atoms with E-state index in [-0.39, 0.29) is 15.7 Å². The molecule has 8 nitrogen and oxygen atoms in total. The van der Waals surface area contributed by atoms with Gasteiger partial charge in [0.05, 0.1) is 26.2 Å². The molecule has 10 heteroatoms. The highest BCUT2D eigenvalue weighted by atomic mass is 32.2. The standard InChI is InChI=1S/C20H17NO7S2/c1-10-5-13(22)12(19(24)28-10)9-21-18(23)16(30-20(21)29)8-11-6-14(25-2)17(27-4)15(7-11)26-3/h5-9H,1-4H3/b12-9?,16-8-. The fraction of sp³-hybridized carbons (Fsp3) is 0.200. The van der Waals surface area contributed by atoms with Crippen LogP contribution in [0.3, 0.4) is 0 Å². The lowest BCUT2D eigenvalue weighted by Crippen LogP contribution is -2.27. The molecule has 0 aromatic heterocycles. The second-order valence-electron chi connectivity index (χ2n) is 6.06. The smallest absolute Gasteiger partial charge is 0.348 e. The first kappa shape index (κ1) is 21.6. The topological polar surface area (TPSA) is 91.4 Å². The van der Waals surface area contributed by atoms with Gasteiger partial charge in [-0.15, -0.1) is 0 Å². The number of cyclic esters (lactones) is 1. The summed E-state index contributed by atoms with van der Waals surface area (Å²) in [6, 6.07) is 3.37. The second-order valence-corrected chi connectivity index (χ2v) is 7.74. The van der Waals surface area contributed by atoms with Gasteiger partial charge in [0.1, 0.15) is 11.3 Å². The first-order chi connectivity index (χ1) is 14.3. The summed E-state index contributed by atoms with van der Waals surface area (Å²) in [5.41, 5.74) is 0.343. The van der Waals surface area contributed by atoms with Crippen LogP contribution in [0.1, 0.15) is 12.5 Å². The Morgan fingerprint density at radius 1 is 1.07 bits per heavy atom. The van der Waals surface area contributed by atoms with E-state index in [0.29, 0.717) is 27.7 Å². The molecule has 0 saturated carbocycles. The SMILES string of the molecule is COc1cc(/C=C2\SC(=S)N(C=C3C(=O)C=C(C)OC3=O)C2=O)cc(OC)c1OC. The molecule has 0 radical (unpaired) electrons. The maximum Gasteiger partial charge on any atom is 0.348 e. The first-order valence-electron chi connectivity index (χ1n) is 8.52. The van der Waals surface area contributed by atoms with Gasteiger partial charge in [0.2, 0.25) is 5.75 Å². The Morgan fingerprint density at radius 2 is 1.70 bits per heavy atom. The monoisotopic (exact) mass is 447 g/mol. The van der Waals surface area contributed by atoms with Crippen LogP contribution < -0.4 is 14.2 Å². The number of thioether (sulfide) groups is 1. The molecule has 3 rings (SSSR count). The zero-order valence-corrected chi connectivity index (χ0v) is 18.1. The Bertz CT molecular complexity index is 1030. The Labute approximate surface area is 182 Å². The van der Waals surface area contributed by atoms with Crippen molar-refractivity contribution in [2.24, 2.45) is 0 Å². The molecule has 2 aliphatic heterocycles. The van der Waals surface area contributed by atoms with Gasteiger partial charge in [0.15, 0.2) is 21.6 Å². The normalized spacial score (nSPS) is 19.3. The van der Waals surface area contributed by atoms with Crippen molar-refractivity contribution in [3.05, 3.63) is 46.2 Å². The van der Waals surface area contributed by atoms with E-state index in [1.807, 2.05) is 0 Å². The average molecular weight is 447 g/mol. The van der Waals surface area contributed by atoms with Gasteiger partial charge in [-0.25, -0.2) is 4.79 Å². The number of esters is 1. The van der Waals surface area contributed by atoms with Crippen LogP contribution in [-0.2, 0) is 19.1 Å². The van der Waals surface area contributed by atoms with Gasteiger partial charge in [-0.2, -0.15) is 0 Å². The van der Waals surface area contributed by atoms with Crippen LogP contribution in [0.25, 0.3) is 6.08 Å². The van der Waals surface area contributed by atoms with Gasteiger partial charge < -0.3 is 18.9 Å². The Balaban J connectivity index is 1.95. The van der Waals surface area contributed by atoms with Crippen molar-refractivity contribution in [1.29, 1.82) is 0 Å². The van der Waals surface area contributed by atoms with E-state index in [4.69, 9.17) is 31.2 Å². The number of methoxy groups -OCH3 is 3. The molecule has 2 aliphatic rings. The molecule has 2 heterocycles. The highest BCUT2D eigenvalue weighted by Gasteiger charge is 2.34. The van der Waals surface area contributed by atoms with Crippen LogP contribution in [0.5, 0.6) is 17.2 Å². The number of hydrogen-bond donors (Lipinski definition) is 0. The molecule has 0 unspecified atom stereocenters. The number of hydrogen-bond acceptors (Lipinski definition) is 9. The predicted octanol–water partition coefficient (Wildman–Crippen LogP) is 2.83. The number of carbonyl (C=O) groups excluding carboxylic acids is 3. The average Bonchev–Trinajstić information content (AvgIpc) is 2.96. The van der Waals surface area contributed by atoms with E-state index >= 15 is 0 Å². The van der Waals surface area contributed by atoms with E-state index in [9.17, 15) is 14.4 Å². The van der Waals surface area contributed by atoms with Crippen LogP contribution in [0.2, 0.25) is 0 Å². The van der Waals surface area contributed by atoms with Crippen molar-refractivity contribution < 1.29 is 33.3 Å². The summed E-state index contributed by atoms with van der Waals surface area (Å²) in [5, 5.41) is 0. The minimum absolute atomic E-state index is 0.179. The third kappa shape index (κ3) is 4.10. The summed E-state index contributed by atoms with van der Waals surface area (Å²) in [6.45, 7) is 1.49. The number of ketones is 1. The van der Waals surface area contributed by atoms with E-state index in [0.717, 1.165) is 22.9 Å². The van der Waals surface area contributed by atoms with Gasteiger partial charge in [0.25, 0.3) is 5.91 Å². The molecule has 1 saturated heterocycles. The molecule has 1 aromatic carbocycles. The summed E-state index contributed by atoms with van der Waals surface area (Å²) in [5.74, 6) is -0.383. The molecule has 1 aromatic rings. The number of benzene rings is 1. The van der Waals surface area contributed by atoms with E-state index in [1.165, 1.54) is 34.3 Å². The largest absolute Gasteiger partial charge is 0.493 e. The van der Waals surface area contributed by atoms with Gasteiger partial charge >= 0.3 is 5.97 Å². The fourth-order valence-electron chi connectivity index (χ4n) is 2.77. The molecule has 0 atom stereocenters. The predicted molar refractivity (Wildman–Crippen MR) is 114 cm³/mol. The van der Waals surface area contributed by atoms with Crippen molar-refractivity contribution in [1.82, 2.24) is 4.90 Å². The minimum atomic E-state index is -0.831. The van der Waals surface area contributed by atoms with Crippen molar-refractivity contribution in [2.75, 3.05) is 21.3 Å². The number of carbonyl (C=O) groups is 3. The first-order valence-corrected chi connectivity index (χ1v) is 9.75. The molecule has 0 N–H and O–H groups in total. The number of allylic oxidation sites excluding steroid dienone is 2. The number of nitrogens with zero attached hydrogens (tertiary/aromatic N) is 1. The third-order valence-electron chi connectivity index (χ3n) is 4.14. The fourth-order valence-corrected chi connectivity index (χ4v) is 3.97. The van der Waals surface area contributed by atoms with Crippen LogP contribution in [0.4, 0.5) is 0 Å². The Kier molecular flexibility index (Phi) is 6.28. The lowest BCUT2D eigenvalue weighted by Gasteiger charge is -2.14. The van der Waals surface area contributed by atoms with Gasteiger partial charge in [-0.05, 0) is 30.7 Å². The lowest BCUT2D eigenvalue weighted by atomic mass is 10.1. The van der Waals surface area contributed by atoms with E-state index in [1.54, 1.807) is 18.2 Å².